The van der Waals surface area contributed by atoms with Crippen molar-refractivity contribution in [2.75, 3.05) is 0 Å². The molecule has 114 valence electrons. The summed E-state index contributed by atoms with van der Waals surface area (Å²) in [5.74, 6) is -1.55. The largest absolute Gasteiger partial charge is 0.504 e. The lowest BCUT2D eigenvalue weighted by atomic mass is 10.0. The zero-order valence-electron chi connectivity index (χ0n) is 11.7. The van der Waals surface area contributed by atoms with Crippen molar-refractivity contribution in [1.82, 2.24) is 4.90 Å². The molecule has 22 heavy (non-hydrogen) atoms. The Balaban J connectivity index is 1.91. The van der Waals surface area contributed by atoms with Crippen molar-refractivity contribution in [3.05, 3.63) is 57.4 Å². The van der Waals surface area contributed by atoms with Crippen molar-refractivity contribution in [3.63, 3.8) is 0 Å². The van der Waals surface area contributed by atoms with E-state index in [1.807, 2.05) is 0 Å². The van der Waals surface area contributed by atoms with Gasteiger partial charge in [-0.2, -0.15) is 0 Å². The quantitative estimate of drug-likeness (QED) is 0.834. The highest BCUT2D eigenvalue weighted by molar-refractivity contribution is 6.30. The van der Waals surface area contributed by atoms with Gasteiger partial charge in [-0.3, -0.25) is 4.79 Å². The van der Waals surface area contributed by atoms with E-state index in [1.165, 1.54) is 17.0 Å². The van der Waals surface area contributed by atoms with Gasteiger partial charge in [-0.15, -0.1) is 0 Å². The topological polar surface area (TPSA) is 60.8 Å². The molecule has 6 heteroatoms. The molecule has 2 N–H and O–H groups in total. The minimum atomic E-state index is -0.514. The van der Waals surface area contributed by atoms with Crippen molar-refractivity contribution in [3.8, 4) is 11.5 Å². The van der Waals surface area contributed by atoms with Gasteiger partial charge in [-0.25, -0.2) is 4.39 Å². The summed E-state index contributed by atoms with van der Waals surface area (Å²) < 4.78 is 13.2. The van der Waals surface area contributed by atoms with Crippen LogP contribution in [0.3, 0.4) is 0 Å². The number of aromatic hydroxyl groups is 2. The maximum absolute atomic E-state index is 13.2. The summed E-state index contributed by atoms with van der Waals surface area (Å²) in [5, 5.41) is 19.7. The molecule has 0 spiro atoms. The zero-order chi connectivity index (χ0) is 16.0. The third-order valence-electron chi connectivity index (χ3n) is 3.77. The molecule has 2 aromatic carbocycles. The van der Waals surface area contributed by atoms with Crippen LogP contribution in [0.5, 0.6) is 11.5 Å². The first kappa shape index (κ1) is 14.7. The van der Waals surface area contributed by atoms with Crippen molar-refractivity contribution in [2.45, 2.75) is 20.0 Å². The maximum Gasteiger partial charge on any atom is 0.258 e. The van der Waals surface area contributed by atoms with Crippen LogP contribution in [0.25, 0.3) is 0 Å². The first-order valence-electron chi connectivity index (χ1n) is 6.66. The number of hydrogen-bond donors (Lipinski definition) is 2. The molecule has 1 heterocycles. The number of hydrogen-bond acceptors (Lipinski definition) is 3. The monoisotopic (exact) mass is 321 g/mol. The number of nitrogens with zero attached hydrogens (tertiary/aromatic N) is 1. The second-order valence-corrected chi connectivity index (χ2v) is 5.74. The molecule has 1 amide bonds. The molecule has 0 aliphatic carbocycles. The molecular formula is C16H13ClFNO3. The third-order valence-corrected chi connectivity index (χ3v) is 4.06. The Kier molecular flexibility index (Phi) is 3.45. The van der Waals surface area contributed by atoms with E-state index in [4.69, 9.17) is 11.6 Å². The SMILES string of the molecule is Cc1cc2c(c(O)c1O)C(=O)N(Cc1ccc(F)c(Cl)c1)C2. The van der Waals surface area contributed by atoms with Gasteiger partial charge in [-0.1, -0.05) is 17.7 Å². The van der Waals surface area contributed by atoms with Crippen LogP contribution < -0.4 is 0 Å². The second-order valence-electron chi connectivity index (χ2n) is 5.33. The molecule has 0 unspecified atom stereocenters. The number of carbonyl (C=O) groups is 1. The summed E-state index contributed by atoms with van der Waals surface area (Å²) in [5.41, 5.74) is 1.98. The lowest BCUT2D eigenvalue weighted by Crippen LogP contribution is -2.23. The molecule has 1 aliphatic heterocycles. The van der Waals surface area contributed by atoms with Crippen LogP contribution in [0.4, 0.5) is 4.39 Å². The van der Waals surface area contributed by atoms with Gasteiger partial charge in [-0.05, 0) is 41.8 Å². The molecule has 0 saturated carbocycles. The molecule has 3 rings (SSSR count). The highest BCUT2D eigenvalue weighted by atomic mass is 35.5. The van der Waals surface area contributed by atoms with E-state index in [9.17, 15) is 19.4 Å². The van der Waals surface area contributed by atoms with Gasteiger partial charge in [0.05, 0.1) is 10.6 Å². The molecule has 0 atom stereocenters. The van der Waals surface area contributed by atoms with E-state index in [2.05, 4.69) is 0 Å². The fourth-order valence-electron chi connectivity index (χ4n) is 2.64. The average molecular weight is 322 g/mol. The smallest absolute Gasteiger partial charge is 0.258 e. The predicted molar refractivity (Wildman–Crippen MR) is 79.5 cm³/mol. The van der Waals surface area contributed by atoms with Crippen molar-refractivity contribution < 1.29 is 19.4 Å². The van der Waals surface area contributed by atoms with Crippen molar-refractivity contribution in [2.24, 2.45) is 0 Å². The molecule has 4 nitrogen and oxygen atoms in total. The van der Waals surface area contributed by atoms with Crippen LogP contribution in [0.1, 0.15) is 27.0 Å². The second kappa shape index (κ2) is 5.18. The molecule has 0 fully saturated rings. The van der Waals surface area contributed by atoms with Crippen LogP contribution in [0.15, 0.2) is 24.3 Å². The number of benzene rings is 2. The molecular weight excluding hydrogens is 309 g/mol. The standard InChI is InChI=1S/C16H13ClFNO3/c1-8-4-10-7-19(16(22)13(10)15(21)14(8)20)6-9-2-3-12(18)11(17)5-9/h2-5,20-21H,6-7H2,1H3. The van der Waals surface area contributed by atoms with E-state index in [1.54, 1.807) is 19.1 Å². The summed E-state index contributed by atoms with van der Waals surface area (Å²) in [6.07, 6.45) is 0. The summed E-state index contributed by atoms with van der Waals surface area (Å²) >= 11 is 5.74. The number of carbonyl (C=O) groups excluding carboxylic acids is 1. The highest BCUT2D eigenvalue weighted by Crippen LogP contribution is 2.39. The number of phenolic OH excluding ortho intramolecular Hbond substituents is 2. The van der Waals surface area contributed by atoms with Crippen LogP contribution in [0, 0.1) is 12.7 Å². The predicted octanol–water partition coefficient (Wildman–Crippen LogP) is 3.35. The summed E-state index contributed by atoms with van der Waals surface area (Å²) in [4.78, 5) is 13.9. The van der Waals surface area contributed by atoms with E-state index in [0.29, 0.717) is 23.2 Å². The first-order chi connectivity index (χ1) is 10.4. The Morgan fingerprint density at radius 1 is 1.27 bits per heavy atom. The Hall–Kier alpha value is -2.27. The van der Waals surface area contributed by atoms with Crippen molar-refractivity contribution >= 4 is 17.5 Å². The fourth-order valence-corrected chi connectivity index (χ4v) is 2.85. The Morgan fingerprint density at radius 2 is 2.00 bits per heavy atom. The van der Waals surface area contributed by atoms with Gasteiger partial charge < -0.3 is 15.1 Å². The van der Waals surface area contributed by atoms with E-state index < -0.39 is 5.82 Å². The van der Waals surface area contributed by atoms with Crippen LogP contribution in [-0.2, 0) is 13.1 Å². The molecule has 0 radical (unpaired) electrons. The maximum atomic E-state index is 13.2. The number of aryl methyl sites for hydroxylation is 1. The van der Waals surface area contributed by atoms with Gasteiger partial charge in [0.2, 0.25) is 0 Å². The van der Waals surface area contributed by atoms with Crippen molar-refractivity contribution in [1.29, 1.82) is 0 Å². The Morgan fingerprint density at radius 3 is 2.68 bits per heavy atom. The first-order valence-corrected chi connectivity index (χ1v) is 7.04. The Bertz CT molecular complexity index is 791. The van der Waals surface area contributed by atoms with Crippen LogP contribution >= 0.6 is 11.6 Å². The fraction of sp³-hybridized carbons (Fsp3) is 0.188. The average Bonchev–Trinajstić information content (AvgIpc) is 2.77. The summed E-state index contributed by atoms with van der Waals surface area (Å²) in [6, 6.07) is 5.95. The zero-order valence-corrected chi connectivity index (χ0v) is 12.5. The lowest BCUT2D eigenvalue weighted by molar-refractivity contribution is 0.0764. The summed E-state index contributed by atoms with van der Waals surface area (Å²) in [6.45, 7) is 2.22. The van der Waals surface area contributed by atoms with E-state index in [0.717, 1.165) is 0 Å². The molecule has 0 aromatic heterocycles. The number of fused-ring (bicyclic) bond motifs is 1. The molecule has 0 bridgehead atoms. The number of amides is 1. The van der Waals surface area contributed by atoms with Gasteiger partial charge >= 0.3 is 0 Å². The lowest BCUT2D eigenvalue weighted by Gasteiger charge is -2.15. The molecule has 0 saturated heterocycles. The van der Waals surface area contributed by atoms with Crippen LogP contribution in [-0.4, -0.2) is 21.0 Å². The number of phenols is 2. The van der Waals surface area contributed by atoms with Gasteiger partial charge in [0, 0.05) is 13.1 Å². The van der Waals surface area contributed by atoms with Gasteiger partial charge in [0.15, 0.2) is 11.5 Å². The third kappa shape index (κ3) is 2.27. The van der Waals surface area contributed by atoms with Crippen LogP contribution in [0.2, 0.25) is 5.02 Å². The minimum Gasteiger partial charge on any atom is -0.504 e. The van der Waals surface area contributed by atoms with E-state index >= 15 is 0 Å². The number of halogens is 2. The normalized spacial score (nSPS) is 13.6. The number of rotatable bonds is 2. The van der Waals surface area contributed by atoms with Gasteiger partial charge in [0.25, 0.3) is 5.91 Å². The van der Waals surface area contributed by atoms with Gasteiger partial charge in [0.1, 0.15) is 5.82 Å². The minimum absolute atomic E-state index is 0.00186. The Labute approximate surface area is 131 Å². The molecule has 1 aliphatic rings. The molecule has 2 aromatic rings. The highest BCUT2D eigenvalue weighted by Gasteiger charge is 2.32. The van der Waals surface area contributed by atoms with E-state index in [-0.39, 0.29) is 34.5 Å². The summed E-state index contributed by atoms with van der Waals surface area (Å²) in [7, 11) is 0.